The third kappa shape index (κ3) is 5.15. The second-order valence-corrected chi connectivity index (χ2v) is 7.32. The third-order valence-electron chi connectivity index (χ3n) is 4.33. The highest BCUT2D eigenvalue weighted by Crippen LogP contribution is 2.24. The van der Waals surface area contributed by atoms with Crippen molar-refractivity contribution < 1.29 is 14.3 Å². The molecular formula is C16H30N2O3. The van der Waals surface area contributed by atoms with Gasteiger partial charge in [0.25, 0.3) is 0 Å². The van der Waals surface area contributed by atoms with E-state index >= 15 is 0 Å². The number of rotatable bonds is 3. The van der Waals surface area contributed by atoms with Crippen molar-refractivity contribution in [1.29, 1.82) is 0 Å². The second kappa shape index (κ2) is 6.97. The molecule has 122 valence electrons. The van der Waals surface area contributed by atoms with Crippen molar-refractivity contribution in [3.63, 3.8) is 0 Å². The van der Waals surface area contributed by atoms with Crippen LogP contribution < -0.4 is 5.32 Å². The van der Waals surface area contributed by atoms with E-state index in [1.807, 2.05) is 27.8 Å². The van der Waals surface area contributed by atoms with Gasteiger partial charge in [-0.2, -0.15) is 0 Å². The van der Waals surface area contributed by atoms with Crippen LogP contribution in [0.5, 0.6) is 0 Å². The van der Waals surface area contributed by atoms with E-state index in [1.54, 1.807) is 4.90 Å². The summed E-state index contributed by atoms with van der Waals surface area (Å²) in [6.45, 7) is 7.45. The van der Waals surface area contributed by atoms with Crippen molar-refractivity contribution in [2.45, 2.75) is 76.6 Å². The van der Waals surface area contributed by atoms with Crippen LogP contribution in [0.2, 0.25) is 0 Å². The molecule has 0 aromatic carbocycles. The summed E-state index contributed by atoms with van der Waals surface area (Å²) in [4.78, 5) is 13.9. The van der Waals surface area contributed by atoms with Crippen LogP contribution in [0.3, 0.4) is 0 Å². The van der Waals surface area contributed by atoms with Gasteiger partial charge in [-0.3, -0.25) is 0 Å². The number of nitrogens with zero attached hydrogens (tertiary/aromatic N) is 1. The molecule has 1 unspecified atom stereocenters. The topological polar surface area (TPSA) is 50.8 Å². The maximum atomic E-state index is 12.1. The van der Waals surface area contributed by atoms with Crippen molar-refractivity contribution in [1.82, 2.24) is 10.2 Å². The summed E-state index contributed by atoms with van der Waals surface area (Å²) in [5, 5.41) is 3.69. The van der Waals surface area contributed by atoms with Gasteiger partial charge in [0.2, 0.25) is 0 Å². The molecule has 1 N–H and O–H groups in total. The van der Waals surface area contributed by atoms with Crippen LogP contribution in [0.25, 0.3) is 0 Å². The normalized spacial score (nSPS) is 30.2. The highest BCUT2D eigenvalue weighted by Gasteiger charge is 2.30. The molecule has 1 heterocycles. The summed E-state index contributed by atoms with van der Waals surface area (Å²) in [5.41, 5.74) is -0.424. The van der Waals surface area contributed by atoms with E-state index in [2.05, 4.69) is 5.32 Å². The lowest BCUT2D eigenvalue weighted by atomic mass is 9.90. The fraction of sp³-hybridized carbons (Fsp3) is 0.938. The minimum Gasteiger partial charge on any atom is -0.444 e. The van der Waals surface area contributed by atoms with Gasteiger partial charge in [0.05, 0.1) is 6.61 Å². The number of ether oxygens (including phenoxy) is 2. The average molecular weight is 298 g/mol. The Balaban J connectivity index is 1.73. The quantitative estimate of drug-likeness (QED) is 0.870. The van der Waals surface area contributed by atoms with Gasteiger partial charge in [-0.15, -0.1) is 0 Å². The number of carbonyl (C=O) groups is 1. The summed E-state index contributed by atoms with van der Waals surface area (Å²) in [6, 6.07) is 1.40. The van der Waals surface area contributed by atoms with Gasteiger partial charge in [-0.1, -0.05) is 0 Å². The van der Waals surface area contributed by atoms with E-state index in [1.165, 1.54) is 0 Å². The molecule has 2 rings (SSSR count). The Morgan fingerprint density at radius 1 is 1.14 bits per heavy atom. The first-order chi connectivity index (χ1) is 9.85. The molecule has 0 spiro atoms. The summed E-state index contributed by atoms with van der Waals surface area (Å²) >= 11 is 0. The lowest BCUT2D eigenvalue weighted by molar-refractivity contribution is 0.0178. The zero-order valence-electron chi connectivity index (χ0n) is 13.9. The van der Waals surface area contributed by atoms with Crippen LogP contribution in [0.4, 0.5) is 4.79 Å². The van der Waals surface area contributed by atoms with Gasteiger partial charge in [-0.05, 0) is 52.9 Å². The van der Waals surface area contributed by atoms with E-state index in [0.717, 1.165) is 45.3 Å². The molecule has 0 bridgehead atoms. The number of hydrogen-bond acceptors (Lipinski definition) is 4. The van der Waals surface area contributed by atoms with Crippen LogP contribution in [0, 0.1) is 0 Å². The first-order valence-corrected chi connectivity index (χ1v) is 8.15. The van der Waals surface area contributed by atoms with Gasteiger partial charge < -0.3 is 19.7 Å². The van der Waals surface area contributed by atoms with Gasteiger partial charge in [0.1, 0.15) is 5.60 Å². The van der Waals surface area contributed by atoms with Crippen LogP contribution in [-0.4, -0.2) is 55.0 Å². The molecule has 5 heteroatoms. The first-order valence-electron chi connectivity index (χ1n) is 8.15. The zero-order valence-corrected chi connectivity index (χ0v) is 13.9. The highest BCUT2D eigenvalue weighted by molar-refractivity contribution is 5.68. The lowest BCUT2D eigenvalue weighted by Gasteiger charge is -2.36. The lowest BCUT2D eigenvalue weighted by Crippen LogP contribution is -2.46. The van der Waals surface area contributed by atoms with Gasteiger partial charge in [0, 0.05) is 31.8 Å². The van der Waals surface area contributed by atoms with E-state index in [0.29, 0.717) is 18.1 Å². The highest BCUT2D eigenvalue weighted by atomic mass is 16.6. The molecule has 1 saturated heterocycles. The van der Waals surface area contributed by atoms with Crippen molar-refractivity contribution in [3.8, 4) is 0 Å². The SMILES string of the molecule is CN(C(=O)OC(C)(C)C)C1CCC(NC2CCOC2)CC1. The molecule has 5 nitrogen and oxygen atoms in total. The molecule has 1 saturated carbocycles. The average Bonchev–Trinajstić information content (AvgIpc) is 2.90. The standard InChI is InChI=1S/C16H30N2O3/c1-16(2,3)21-15(19)18(4)14-7-5-12(6-8-14)17-13-9-10-20-11-13/h12-14,17H,5-11H2,1-4H3. The fourth-order valence-electron chi connectivity index (χ4n) is 3.11. The number of nitrogens with one attached hydrogen (secondary N) is 1. The van der Waals surface area contributed by atoms with Crippen LogP contribution in [0.15, 0.2) is 0 Å². The Morgan fingerprint density at radius 3 is 2.33 bits per heavy atom. The van der Waals surface area contributed by atoms with E-state index in [4.69, 9.17) is 9.47 Å². The minimum atomic E-state index is -0.424. The van der Waals surface area contributed by atoms with Crippen molar-refractivity contribution in [2.24, 2.45) is 0 Å². The summed E-state index contributed by atoms with van der Waals surface area (Å²) < 4.78 is 10.8. The molecule has 0 radical (unpaired) electrons. The number of hydrogen-bond donors (Lipinski definition) is 1. The Labute approximate surface area is 128 Å². The molecular weight excluding hydrogens is 268 g/mol. The fourth-order valence-corrected chi connectivity index (χ4v) is 3.11. The maximum absolute atomic E-state index is 12.1. The van der Waals surface area contributed by atoms with Crippen LogP contribution in [0.1, 0.15) is 52.9 Å². The summed E-state index contributed by atoms with van der Waals surface area (Å²) in [5.74, 6) is 0. The van der Waals surface area contributed by atoms with E-state index in [9.17, 15) is 4.79 Å². The Hall–Kier alpha value is -0.810. The first kappa shape index (κ1) is 16.6. The smallest absolute Gasteiger partial charge is 0.410 e. The Morgan fingerprint density at radius 2 is 1.81 bits per heavy atom. The second-order valence-electron chi connectivity index (χ2n) is 7.32. The summed E-state index contributed by atoms with van der Waals surface area (Å²) in [7, 11) is 1.86. The molecule has 2 fully saturated rings. The largest absolute Gasteiger partial charge is 0.444 e. The molecule has 0 aromatic heterocycles. The molecule has 0 aromatic rings. The molecule has 1 aliphatic heterocycles. The molecule has 1 aliphatic carbocycles. The zero-order chi connectivity index (χ0) is 15.5. The van der Waals surface area contributed by atoms with E-state index in [-0.39, 0.29) is 6.09 Å². The van der Waals surface area contributed by atoms with Crippen molar-refractivity contribution >= 4 is 6.09 Å². The van der Waals surface area contributed by atoms with Crippen LogP contribution >= 0.6 is 0 Å². The van der Waals surface area contributed by atoms with Gasteiger partial charge in [0.15, 0.2) is 0 Å². The van der Waals surface area contributed by atoms with E-state index < -0.39 is 5.60 Å². The molecule has 21 heavy (non-hydrogen) atoms. The summed E-state index contributed by atoms with van der Waals surface area (Å²) in [6.07, 6.45) is 5.24. The van der Waals surface area contributed by atoms with Crippen molar-refractivity contribution in [3.05, 3.63) is 0 Å². The number of amides is 1. The Bertz CT molecular complexity index is 340. The van der Waals surface area contributed by atoms with Gasteiger partial charge >= 0.3 is 6.09 Å². The predicted molar refractivity (Wildman–Crippen MR) is 82.4 cm³/mol. The Kier molecular flexibility index (Phi) is 5.49. The number of carbonyl (C=O) groups excluding carboxylic acids is 1. The van der Waals surface area contributed by atoms with Gasteiger partial charge in [-0.25, -0.2) is 4.79 Å². The molecule has 2 aliphatic rings. The molecule has 1 amide bonds. The monoisotopic (exact) mass is 298 g/mol. The minimum absolute atomic E-state index is 0.205. The predicted octanol–water partition coefficient (Wildman–Crippen LogP) is 2.54. The van der Waals surface area contributed by atoms with Crippen molar-refractivity contribution in [2.75, 3.05) is 20.3 Å². The molecule has 1 atom stereocenters. The van der Waals surface area contributed by atoms with Crippen LogP contribution in [-0.2, 0) is 9.47 Å². The maximum Gasteiger partial charge on any atom is 0.410 e. The third-order valence-corrected chi connectivity index (χ3v) is 4.33.